The summed E-state index contributed by atoms with van der Waals surface area (Å²) in [5.74, 6) is 1.06. The fraction of sp³-hybridized carbons (Fsp3) is 0.444. The minimum absolute atomic E-state index is 0.150. The van der Waals surface area contributed by atoms with E-state index >= 15 is 0 Å². The lowest BCUT2D eigenvalue weighted by Gasteiger charge is -2.26. The van der Waals surface area contributed by atoms with Crippen LogP contribution in [0, 0.1) is 0 Å². The Hall–Kier alpha value is -0.800. The molecule has 2 rings (SSSR count). The van der Waals surface area contributed by atoms with Crippen LogP contribution in [0.25, 0.3) is 0 Å². The van der Waals surface area contributed by atoms with Crippen LogP contribution in [0.15, 0.2) is 18.3 Å². The average molecular weight is 200 g/mol. The molecule has 1 aromatic rings. The van der Waals surface area contributed by atoms with E-state index in [9.17, 15) is 0 Å². The second-order valence-corrected chi connectivity index (χ2v) is 3.15. The lowest BCUT2D eigenvalue weighted by atomic mass is 10.3. The molecule has 0 amide bonds. The first-order valence-corrected chi connectivity index (χ1v) is 4.68. The number of aromatic nitrogens is 1. The molecular weight excluding hydrogens is 190 g/mol. The maximum atomic E-state index is 5.73. The van der Waals surface area contributed by atoms with E-state index in [2.05, 4.69) is 4.98 Å². The summed E-state index contributed by atoms with van der Waals surface area (Å²) in [7, 11) is 0. The Kier molecular flexibility index (Phi) is 2.66. The topological polar surface area (TPSA) is 31.4 Å². The van der Waals surface area contributed by atoms with Crippen molar-refractivity contribution in [2.24, 2.45) is 0 Å². The van der Waals surface area contributed by atoms with Gasteiger partial charge < -0.3 is 9.47 Å². The van der Waals surface area contributed by atoms with Gasteiger partial charge in [0.1, 0.15) is 6.10 Å². The molecule has 1 fully saturated rings. The van der Waals surface area contributed by atoms with Crippen molar-refractivity contribution in [3.05, 3.63) is 23.9 Å². The lowest BCUT2D eigenvalue weighted by molar-refractivity contribution is -0.0816. The lowest BCUT2D eigenvalue weighted by Crippen LogP contribution is -2.38. The van der Waals surface area contributed by atoms with Crippen LogP contribution in [0.1, 0.15) is 5.56 Å². The van der Waals surface area contributed by atoms with Gasteiger partial charge in [-0.2, -0.15) is 0 Å². The van der Waals surface area contributed by atoms with E-state index in [1.54, 1.807) is 6.20 Å². The number of hydrogen-bond donors (Lipinski definition) is 0. The number of alkyl halides is 1. The van der Waals surface area contributed by atoms with Gasteiger partial charge in [-0.25, -0.2) is 4.98 Å². The van der Waals surface area contributed by atoms with Crippen molar-refractivity contribution in [1.82, 2.24) is 4.98 Å². The van der Waals surface area contributed by atoms with Gasteiger partial charge in [0, 0.05) is 11.8 Å². The molecule has 13 heavy (non-hydrogen) atoms. The highest BCUT2D eigenvalue weighted by Gasteiger charge is 2.21. The summed E-state index contributed by atoms with van der Waals surface area (Å²) in [4.78, 5) is 4.11. The zero-order valence-electron chi connectivity index (χ0n) is 7.07. The van der Waals surface area contributed by atoms with Crippen LogP contribution in [0.2, 0.25) is 0 Å². The van der Waals surface area contributed by atoms with Gasteiger partial charge in [-0.1, -0.05) is 6.07 Å². The summed E-state index contributed by atoms with van der Waals surface area (Å²) in [6, 6.07) is 3.76. The number of nitrogens with zero attached hydrogens (tertiary/aromatic N) is 1. The van der Waals surface area contributed by atoms with Crippen molar-refractivity contribution < 1.29 is 9.47 Å². The Balaban J connectivity index is 2.08. The predicted octanol–water partition coefficient (Wildman–Crippen LogP) is 1.60. The maximum absolute atomic E-state index is 5.73. The number of rotatable bonds is 3. The van der Waals surface area contributed by atoms with Gasteiger partial charge in [-0.15, -0.1) is 11.6 Å². The predicted molar refractivity (Wildman–Crippen MR) is 49.0 cm³/mol. The first kappa shape index (κ1) is 8.78. The molecule has 3 nitrogen and oxygen atoms in total. The summed E-state index contributed by atoms with van der Waals surface area (Å²) >= 11 is 5.73. The molecule has 0 aliphatic carbocycles. The molecule has 1 aliphatic rings. The molecule has 1 saturated heterocycles. The summed E-state index contributed by atoms with van der Waals surface area (Å²) in [6.07, 6.45) is 1.85. The minimum Gasteiger partial charge on any atom is -0.469 e. The van der Waals surface area contributed by atoms with Crippen molar-refractivity contribution >= 4 is 11.6 Å². The first-order valence-electron chi connectivity index (χ1n) is 4.14. The second-order valence-electron chi connectivity index (χ2n) is 2.88. The van der Waals surface area contributed by atoms with E-state index in [4.69, 9.17) is 21.1 Å². The van der Waals surface area contributed by atoms with Gasteiger partial charge >= 0.3 is 0 Å². The van der Waals surface area contributed by atoms with Gasteiger partial charge in [-0.3, -0.25) is 0 Å². The van der Waals surface area contributed by atoms with Gasteiger partial charge in [-0.05, 0) is 6.07 Å². The molecule has 70 valence electrons. The third kappa shape index (κ3) is 1.92. The highest BCUT2D eigenvalue weighted by atomic mass is 35.5. The molecule has 1 aliphatic heterocycles. The number of hydrogen-bond acceptors (Lipinski definition) is 3. The van der Waals surface area contributed by atoms with E-state index in [1.165, 1.54) is 0 Å². The molecule has 0 saturated carbocycles. The summed E-state index contributed by atoms with van der Waals surface area (Å²) in [5.41, 5.74) is 0.927. The van der Waals surface area contributed by atoms with Crippen LogP contribution in [0.4, 0.5) is 0 Å². The van der Waals surface area contributed by atoms with Gasteiger partial charge in [0.15, 0.2) is 0 Å². The van der Waals surface area contributed by atoms with Crippen LogP contribution in [-0.2, 0) is 10.6 Å². The van der Waals surface area contributed by atoms with E-state index < -0.39 is 0 Å². The van der Waals surface area contributed by atoms with Gasteiger partial charge in [0.2, 0.25) is 5.88 Å². The Bertz CT molecular complexity index is 289. The second kappa shape index (κ2) is 3.94. The summed E-state index contributed by atoms with van der Waals surface area (Å²) in [6.45, 7) is 1.30. The van der Waals surface area contributed by atoms with E-state index in [-0.39, 0.29) is 6.10 Å². The van der Waals surface area contributed by atoms with Crippen LogP contribution >= 0.6 is 11.6 Å². The molecule has 4 heteroatoms. The fourth-order valence-electron chi connectivity index (χ4n) is 1.07. The molecule has 1 aromatic heterocycles. The Morgan fingerprint density at radius 1 is 1.62 bits per heavy atom. The number of ether oxygens (including phenoxy) is 2. The fourth-order valence-corrected chi connectivity index (χ4v) is 1.28. The molecule has 0 bridgehead atoms. The zero-order valence-corrected chi connectivity index (χ0v) is 7.83. The van der Waals surface area contributed by atoms with Crippen molar-refractivity contribution in [3.8, 4) is 5.88 Å². The van der Waals surface area contributed by atoms with Crippen LogP contribution in [0.5, 0.6) is 5.88 Å². The molecule has 0 radical (unpaired) electrons. The quantitative estimate of drug-likeness (QED) is 0.693. The largest absolute Gasteiger partial charge is 0.469 e. The molecule has 0 unspecified atom stereocenters. The highest BCUT2D eigenvalue weighted by molar-refractivity contribution is 6.17. The summed E-state index contributed by atoms with van der Waals surface area (Å²) < 4.78 is 10.5. The van der Waals surface area contributed by atoms with Crippen LogP contribution in [-0.4, -0.2) is 24.3 Å². The van der Waals surface area contributed by atoms with Crippen molar-refractivity contribution in [2.75, 3.05) is 13.2 Å². The van der Waals surface area contributed by atoms with Crippen LogP contribution in [0.3, 0.4) is 0 Å². The third-order valence-corrected chi connectivity index (χ3v) is 2.17. The third-order valence-electron chi connectivity index (χ3n) is 1.88. The van der Waals surface area contributed by atoms with E-state index in [1.807, 2.05) is 12.1 Å². The smallest absolute Gasteiger partial charge is 0.218 e. The van der Waals surface area contributed by atoms with Gasteiger partial charge in [0.25, 0.3) is 0 Å². The Morgan fingerprint density at radius 3 is 3.08 bits per heavy atom. The van der Waals surface area contributed by atoms with Crippen LogP contribution < -0.4 is 4.74 Å². The first-order chi connectivity index (χ1) is 6.40. The number of halogens is 1. The van der Waals surface area contributed by atoms with Crippen molar-refractivity contribution in [2.45, 2.75) is 12.0 Å². The Morgan fingerprint density at radius 2 is 2.46 bits per heavy atom. The average Bonchev–Trinajstić information content (AvgIpc) is 2.12. The maximum Gasteiger partial charge on any atom is 0.218 e. The molecule has 0 N–H and O–H groups in total. The summed E-state index contributed by atoms with van der Waals surface area (Å²) in [5, 5.41) is 0. The molecule has 0 atom stereocenters. The Labute approximate surface area is 81.6 Å². The number of pyridine rings is 1. The van der Waals surface area contributed by atoms with E-state index in [0.717, 1.165) is 5.56 Å². The van der Waals surface area contributed by atoms with E-state index in [0.29, 0.717) is 25.0 Å². The molecule has 2 heterocycles. The van der Waals surface area contributed by atoms with Crippen molar-refractivity contribution in [1.29, 1.82) is 0 Å². The standard InChI is InChI=1S/C9H10ClNO2/c10-4-7-2-1-3-11-9(7)13-8-5-12-6-8/h1-3,8H,4-6H2. The molecular formula is C9H10ClNO2. The van der Waals surface area contributed by atoms with Crippen molar-refractivity contribution in [3.63, 3.8) is 0 Å². The van der Waals surface area contributed by atoms with Gasteiger partial charge in [0.05, 0.1) is 19.1 Å². The normalized spacial score (nSPS) is 16.7. The zero-order chi connectivity index (χ0) is 9.10. The highest BCUT2D eigenvalue weighted by Crippen LogP contribution is 2.19. The minimum atomic E-state index is 0.150. The monoisotopic (exact) mass is 199 g/mol. The molecule has 0 spiro atoms. The SMILES string of the molecule is ClCc1cccnc1OC1COC1. The molecule has 0 aromatic carbocycles.